The Labute approximate surface area is 325 Å². The summed E-state index contributed by atoms with van der Waals surface area (Å²) in [6, 6.07) is 2.76. The third kappa shape index (κ3) is 10.0. The van der Waals surface area contributed by atoms with Crippen LogP contribution in [-0.4, -0.2) is 110 Å². The molecule has 8 atom stereocenters. The van der Waals surface area contributed by atoms with Crippen molar-refractivity contribution in [3.05, 3.63) is 46.5 Å². The van der Waals surface area contributed by atoms with E-state index in [0.29, 0.717) is 35.1 Å². The second-order valence-electron chi connectivity index (χ2n) is 14.2. The van der Waals surface area contributed by atoms with Crippen LogP contribution in [0.3, 0.4) is 0 Å². The molecule has 16 heteroatoms. The van der Waals surface area contributed by atoms with Crippen LogP contribution in [0, 0.1) is 5.92 Å². The second-order valence-corrected chi connectivity index (χ2v) is 16.0. The number of esters is 1. The van der Waals surface area contributed by atoms with Crippen LogP contribution < -0.4 is 15.0 Å². The van der Waals surface area contributed by atoms with Gasteiger partial charge in [0.15, 0.2) is 5.72 Å². The van der Waals surface area contributed by atoms with E-state index in [2.05, 4.69) is 17.0 Å². The molecule has 2 fully saturated rings. The van der Waals surface area contributed by atoms with Gasteiger partial charge >= 0.3 is 12.1 Å². The highest BCUT2D eigenvalue weighted by Crippen LogP contribution is 2.49. The summed E-state index contributed by atoms with van der Waals surface area (Å²) in [4.78, 5) is 55.6. The number of carbonyl (C=O) groups is 4. The van der Waals surface area contributed by atoms with Gasteiger partial charge in [0.1, 0.15) is 40.7 Å². The van der Waals surface area contributed by atoms with Crippen molar-refractivity contribution in [1.29, 1.82) is 0 Å². The van der Waals surface area contributed by atoms with Crippen LogP contribution in [0.1, 0.15) is 65.4 Å². The lowest BCUT2D eigenvalue weighted by molar-refractivity contribution is -0.161. The monoisotopic (exact) mass is 797 g/mol. The van der Waals surface area contributed by atoms with Crippen LogP contribution in [0.25, 0.3) is 0 Å². The first-order valence-corrected chi connectivity index (χ1v) is 20.0. The summed E-state index contributed by atoms with van der Waals surface area (Å²) in [5.74, 6) is -0.615. The lowest BCUT2D eigenvalue weighted by atomic mass is 9.83. The van der Waals surface area contributed by atoms with Crippen LogP contribution >= 0.6 is 34.1 Å². The van der Waals surface area contributed by atoms with Gasteiger partial charge in [-0.25, -0.2) is 9.59 Å². The van der Waals surface area contributed by atoms with Gasteiger partial charge in [0.05, 0.1) is 18.9 Å². The van der Waals surface area contributed by atoms with E-state index in [1.54, 1.807) is 40.1 Å². The number of carbonyl (C=O) groups excluding carboxylic acids is 4. The summed E-state index contributed by atoms with van der Waals surface area (Å²) in [6.45, 7) is 7.18. The number of hydrogen-bond acceptors (Lipinski definition) is 12. The Hall–Kier alpha value is -2.95. The number of amides is 3. The minimum atomic E-state index is -1.81. The molecular weight excluding hydrogens is 746 g/mol. The summed E-state index contributed by atoms with van der Waals surface area (Å²) >= 11 is 10.8. The van der Waals surface area contributed by atoms with Crippen molar-refractivity contribution in [3.8, 4) is 5.75 Å². The molecule has 2 saturated heterocycles. The van der Waals surface area contributed by atoms with Gasteiger partial charge in [0.2, 0.25) is 11.8 Å². The first-order chi connectivity index (χ1) is 25.0. The van der Waals surface area contributed by atoms with Crippen molar-refractivity contribution in [2.75, 3.05) is 39.0 Å². The van der Waals surface area contributed by atoms with Crippen molar-refractivity contribution in [2.24, 2.45) is 5.92 Å². The number of likely N-dealkylation sites (N-methyl/N-ethyl adjacent to an activating group) is 1. The Kier molecular flexibility index (Phi) is 14.6. The van der Waals surface area contributed by atoms with Gasteiger partial charge in [0, 0.05) is 52.1 Å². The number of thiol groups is 1. The van der Waals surface area contributed by atoms with E-state index in [0.717, 1.165) is 11.1 Å². The third-order valence-corrected chi connectivity index (χ3v) is 11.7. The molecule has 53 heavy (non-hydrogen) atoms. The van der Waals surface area contributed by atoms with Crippen LogP contribution in [0.2, 0.25) is 5.02 Å². The van der Waals surface area contributed by atoms with E-state index in [4.69, 9.17) is 35.3 Å². The highest BCUT2D eigenvalue weighted by molar-refractivity contribution is 8.68. The number of aliphatic hydroxyl groups is 1. The molecule has 0 radical (unpaired) electrons. The minimum Gasteiger partial charge on any atom is -0.495 e. The number of anilines is 1. The molecule has 0 spiro atoms. The molecule has 2 N–H and O–H groups in total. The van der Waals surface area contributed by atoms with Crippen LogP contribution in [-0.2, 0) is 39.8 Å². The summed E-state index contributed by atoms with van der Waals surface area (Å²) in [5, 5.41) is 14.6. The van der Waals surface area contributed by atoms with Crippen LogP contribution in [0.4, 0.5) is 10.5 Å². The Bertz CT molecular complexity index is 1600. The van der Waals surface area contributed by atoms with E-state index in [1.165, 1.54) is 34.8 Å². The SMILES string of the molecule is COc1cc2cc(c1Cl)N(C)C(=O)CCC[C@H](OC(=O)[C@H](C)N(C)C(=O)CCSS)[C@]1(C)O[C@H]1[C@H](C)[C@@H]1C[C@@](O)(NC(=O)O1)[C@@H](OC)/C=C/C=C(\C)C2. The molecule has 0 aliphatic carbocycles. The quantitative estimate of drug-likeness (QED) is 0.137. The van der Waals surface area contributed by atoms with Gasteiger partial charge in [-0.2, -0.15) is 0 Å². The lowest BCUT2D eigenvalue weighted by Gasteiger charge is -2.42. The van der Waals surface area contributed by atoms with Crippen LogP contribution in [0.5, 0.6) is 5.75 Å². The molecule has 0 saturated carbocycles. The maximum absolute atomic E-state index is 13.6. The van der Waals surface area contributed by atoms with E-state index < -0.39 is 59.8 Å². The number of ether oxygens (including phenoxy) is 5. The first-order valence-electron chi connectivity index (χ1n) is 17.6. The normalized spacial score (nSPS) is 31.6. The first kappa shape index (κ1) is 42.8. The van der Waals surface area contributed by atoms with Gasteiger partial charge in [-0.15, -0.1) is 11.7 Å². The Morgan fingerprint density at radius 1 is 1.28 bits per heavy atom. The summed E-state index contributed by atoms with van der Waals surface area (Å²) in [6.07, 6.45) is 2.72. The molecule has 3 heterocycles. The maximum Gasteiger partial charge on any atom is 0.409 e. The van der Waals surface area contributed by atoms with Crippen molar-refractivity contribution >= 4 is 63.6 Å². The molecule has 13 nitrogen and oxygen atoms in total. The van der Waals surface area contributed by atoms with E-state index in [-0.39, 0.29) is 37.5 Å². The number of methoxy groups -OCH3 is 2. The molecule has 3 aliphatic rings. The lowest BCUT2D eigenvalue weighted by Crippen LogP contribution is -2.63. The number of benzene rings is 1. The minimum absolute atomic E-state index is 0.0193. The molecule has 3 aliphatic heterocycles. The molecule has 1 aromatic rings. The molecule has 0 unspecified atom stereocenters. The highest BCUT2D eigenvalue weighted by atomic mass is 35.5. The maximum atomic E-state index is 13.6. The zero-order chi connectivity index (χ0) is 39.2. The predicted octanol–water partition coefficient (Wildman–Crippen LogP) is 5.26. The highest BCUT2D eigenvalue weighted by Gasteiger charge is 2.64. The number of nitrogens with one attached hydrogen (secondary N) is 1. The third-order valence-electron chi connectivity index (χ3n) is 10.4. The van der Waals surface area contributed by atoms with Crippen molar-refractivity contribution in [3.63, 3.8) is 0 Å². The summed E-state index contributed by atoms with van der Waals surface area (Å²) in [7, 11) is 7.38. The Morgan fingerprint density at radius 2 is 2.00 bits per heavy atom. The van der Waals surface area contributed by atoms with E-state index in [1.807, 2.05) is 32.1 Å². The second kappa shape index (κ2) is 18.1. The van der Waals surface area contributed by atoms with E-state index in [9.17, 15) is 24.3 Å². The standard InChI is InChI=1S/C37H52ClN3O10S2/c1-21-11-9-13-29(48-8)37(46)20-27(49-35(45)39-37)22(2)33-36(4,51-33)28(50-34(44)23(3)40(5)31(43)15-16-53-52)12-10-14-30(42)41(6)25-18-24(17-21)19-26(47-7)32(25)38/h9,11,13,18-19,22-23,27-29,33,46,52H,10,12,14-17,20H2,1-8H3,(H,39,45)/b13-9+,21-11+/t22-,23+,27+,28+,29+,33+,36+,37+/m1/s1. The summed E-state index contributed by atoms with van der Waals surface area (Å²) < 4.78 is 29.3. The molecule has 1 aromatic carbocycles. The van der Waals surface area contributed by atoms with E-state index >= 15 is 0 Å². The van der Waals surface area contributed by atoms with Crippen molar-refractivity contribution in [2.45, 2.75) is 108 Å². The largest absolute Gasteiger partial charge is 0.495 e. The molecule has 4 bridgehead atoms. The van der Waals surface area contributed by atoms with Gasteiger partial charge in [-0.05, 0) is 57.7 Å². The van der Waals surface area contributed by atoms with Crippen molar-refractivity contribution in [1.82, 2.24) is 10.2 Å². The fourth-order valence-electron chi connectivity index (χ4n) is 6.94. The average molecular weight is 798 g/mol. The number of rotatable bonds is 8. The Balaban J connectivity index is 1.70. The summed E-state index contributed by atoms with van der Waals surface area (Å²) in [5.41, 5.74) is -0.552. The number of hydrogen-bond donors (Lipinski definition) is 3. The topological polar surface area (TPSA) is 156 Å². The number of allylic oxidation sites excluding steroid dienone is 3. The van der Waals surface area contributed by atoms with Gasteiger partial charge in [0.25, 0.3) is 0 Å². The predicted molar refractivity (Wildman–Crippen MR) is 206 cm³/mol. The Morgan fingerprint density at radius 3 is 2.66 bits per heavy atom. The van der Waals surface area contributed by atoms with Gasteiger partial charge in [-0.3, -0.25) is 14.9 Å². The number of halogens is 1. The number of epoxide rings is 1. The number of alkyl carbamates (subject to hydrolysis) is 1. The smallest absolute Gasteiger partial charge is 0.409 e. The molecule has 294 valence electrons. The molecule has 0 aromatic heterocycles. The molecule has 3 amide bonds. The van der Waals surface area contributed by atoms with Crippen molar-refractivity contribution < 1.29 is 48.0 Å². The van der Waals surface area contributed by atoms with Crippen LogP contribution in [0.15, 0.2) is 35.9 Å². The number of nitrogens with zero attached hydrogens (tertiary/aromatic N) is 2. The molecule has 4 rings (SSSR count). The van der Waals surface area contributed by atoms with Gasteiger partial charge in [-0.1, -0.05) is 53.1 Å². The number of fused-ring (bicyclic) bond motifs is 5. The fraction of sp³-hybridized carbons (Fsp3) is 0.622. The average Bonchev–Trinajstić information content (AvgIpc) is 3.82. The zero-order valence-corrected chi connectivity index (χ0v) is 34.0. The molecular formula is C37H52ClN3O10S2. The fourth-order valence-corrected chi connectivity index (χ4v) is 7.79. The zero-order valence-electron chi connectivity index (χ0n) is 31.5. The van der Waals surface area contributed by atoms with Gasteiger partial charge < -0.3 is 38.6 Å².